The summed E-state index contributed by atoms with van der Waals surface area (Å²) in [6.07, 6.45) is 2.54. The zero-order valence-electron chi connectivity index (χ0n) is 18.6. The summed E-state index contributed by atoms with van der Waals surface area (Å²) in [5, 5.41) is 6.70. The van der Waals surface area contributed by atoms with E-state index in [0.717, 1.165) is 36.5 Å². The van der Waals surface area contributed by atoms with Crippen molar-refractivity contribution >= 4 is 29.0 Å². The summed E-state index contributed by atoms with van der Waals surface area (Å²) < 4.78 is 10.6. The molecule has 2 aromatic carbocycles. The fraction of sp³-hybridized carbons (Fsp3) is 0.280. The molecule has 8 heteroatoms. The molecule has 2 atom stereocenters. The minimum Gasteiger partial charge on any atom is -0.497 e. The highest BCUT2D eigenvalue weighted by Gasteiger charge is 2.32. The molecule has 0 bridgehead atoms. The van der Waals surface area contributed by atoms with Crippen LogP contribution in [0.2, 0.25) is 5.02 Å². The van der Waals surface area contributed by atoms with Gasteiger partial charge in [-0.2, -0.15) is 0 Å². The first-order valence-corrected chi connectivity index (χ1v) is 11.2. The number of rotatable bonds is 6. The third-order valence-electron chi connectivity index (χ3n) is 5.87. The number of ether oxygens (including phenoxy) is 2. The second-order valence-electron chi connectivity index (χ2n) is 7.88. The summed E-state index contributed by atoms with van der Waals surface area (Å²) in [7, 11) is 3.27. The maximum atomic E-state index is 12.8. The van der Waals surface area contributed by atoms with Gasteiger partial charge in [0.1, 0.15) is 5.75 Å². The molecular formula is C25H27ClN4O3. The van der Waals surface area contributed by atoms with Crippen LogP contribution < -0.4 is 25.0 Å². The first-order chi connectivity index (χ1) is 16.1. The standard InChI is InChI=1S/C25H27ClN4O3/c1-32-21-9-3-17(4-10-21)22-16-30(20-11-13-27-24(15-20)33-2)14-12-23(22)29-25(31)28-19-7-5-18(26)6-8-19/h3-11,13,15,22-23H,12,14,16H2,1-2H3,(H2,28,29,31)/t22?,23-/m1/s1. The van der Waals surface area contributed by atoms with Gasteiger partial charge in [0.15, 0.2) is 0 Å². The van der Waals surface area contributed by atoms with Gasteiger partial charge in [-0.05, 0) is 54.4 Å². The molecule has 0 aliphatic carbocycles. The van der Waals surface area contributed by atoms with Crippen molar-refractivity contribution in [3.8, 4) is 11.6 Å². The average molecular weight is 467 g/mol. The fourth-order valence-corrected chi connectivity index (χ4v) is 4.25. The molecule has 1 aliphatic rings. The number of carbonyl (C=O) groups is 1. The Morgan fingerprint density at radius 2 is 1.82 bits per heavy atom. The summed E-state index contributed by atoms with van der Waals surface area (Å²) in [6, 6.07) is 18.7. The van der Waals surface area contributed by atoms with Crippen LogP contribution in [0.5, 0.6) is 11.6 Å². The van der Waals surface area contributed by atoms with E-state index in [1.54, 1.807) is 44.7 Å². The van der Waals surface area contributed by atoms with Gasteiger partial charge in [-0.25, -0.2) is 9.78 Å². The molecule has 33 heavy (non-hydrogen) atoms. The van der Waals surface area contributed by atoms with E-state index in [1.807, 2.05) is 24.3 Å². The minimum atomic E-state index is -0.236. The van der Waals surface area contributed by atoms with Crippen LogP contribution in [-0.4, -0.2) is 44.4 Å². The minimum absolute atomic E-state index is 0.0364. The quantitative estimate of drug-likeness (QED) is 0.538. The molecule has 1 aromatic heterocycles. The Labute approximate surface area is 198 Å². The normalized spacial score (nSPS) is 17.8. The van der Waals surface area contributed by atoms with Crippen molar-refractivity contribution in [2.75, 3.05) is 37.5 Å². The number of hydrogen-bond acceptors (Lipinski definition) is 5. The predicted octanol–water partition coefficient (Wildman–Crippen LogP) is 4.94. The number of nitrogens with one attached hydrogen (secondary N) is 2. The van der Waals surface area contributed by atoms with E-state index in [4.69, 9.17) is 21.1 Å². The number of hydrogen-bond donors (Lipinski definition) is 2. The Morgan fingerprint density at radius 1 is 1.06 bits per heavy atom. The van der Waals surface area contributed by atoms with Crippen molar-refractivity contribution < 1.29 is 14.3 Å². The average Bonchev–Trinajstić information content (AvgIpc) is 2.86. The first-order valence-electron chi connectivity index (χ1n) is 10.8. The molecule has 1 saturated heterocycles. The monoisotopic (exact) mass is 466 g/mol. The van der Waals surface area contributed by atoms with Gasteiger partial charge >= 0.3 is 6.03 Å². The van der Waals surface area contributed by atoms with E-state index in [1.165, 1.54) is 0 Å². The molecule has 172 valence electrons. The van der Waals surface area contributed by atoms with Crippen molar-refractivity contribution in [1.82, 2.24) is 10.3 Å². The Bertz CT molecular complexity index is 1080. The molecule has 1 aliphatic heterocycles. The van der Waals surface area contributed by atoms with Crippen molar-refractivity contribution in [2.24, 2.45) is 0 Å². The molecular weight excluding hydrogens is 440 g/mol. The molecule has 1 fully saturated rings. The second kappa shape index (κ2) is 10.4. The summed E-state index contributed by atoms with van der Waals surface area (Å²) in [6.45, 7) is 1.54. The highest BCUT2D eigenvalue weighted by Crippen LogP contribution is 2.32. The Kier molecular flexibility index (Phi) is 7.19. The number of aromatic nitrogens is 1. The van der Waals surface area contributed by atoms with Crippen molar-refractivity contribution in [1.29, 1.82) is 0 Å². The van der Waals surface area contributed by atoms with Gasteiger partial charge in [0, 0.05) is 53.7 Å². The largest absolute Gasteiger partial charge is 0.497 e. The number of urea groups is 1. The maximum absolute atomic E-state index is 12.8. The van der Waals surface area contributed by atoms with E-state index in [-0.39, 0.29) is 18.0 Å². The van der Waals surface area contributed by atoms with Gasteiger partial charge in [-0.3, -0.25) is 0 Å². The highest BCUT2D eigenvalue weighted by atomic mass is 35.5. The summed E-state index contributed by atoms with van der Waals surface area (Å²) in [5.74, 6) is 1.46. The van der Waals surface area contributed by atoms with Gasteiger partial charge in [-0.15, -0.1) is 0 Å². The molecule has 2 amide bonds. The van der Waals surface area contributed by atoms with Gasteiger partial charge < -0.3 is 25.0 Å². The van der Waals surface area contributed by atoms with Crippen molar-refractivity contribution in [3.63, 3.8) is 0 Å². The van der Waals surface area contributed by atoms with Crippen LogP contribution in [0.1, 0.15) is 17.9 Å². The van der Waals surface area contributed by atoms with Gasteiger partial charge in [0.25, 0.3) is 0 Å². The SMILES string of the molecule is COc1ccc(C2CN(c3ccnc(OC)c3)CC[C@H]2NC(=O)Nc2ccc(Cl)cc2)cc1. The molecule has 0 radical (unpaired) electrons. The molecule has 4 rings (SSSR count). The number of halogens is 1. The van der Waals surface area contributed by atoms with E-state index >= 15 is 0 Å². The number of piperidine rings is 1. The van der Waals surface area contributed by atoms with Gasteiger partial charge in [0.05, 0.1) is 14.2 Å². The number of nitrogens with zero attached hydrogens (tertiary/aromatic N) is 2. The predicted molar refractivity (Wildman–Crippen MR) is 131 cm³/mol. The number of amides is 2. The fourth-order valence-electron chi connectivity index (χ4n) is 4.12. The lowest BCUT2D eigenvalue weighted by Gasteiger charge is -2.40. The molecule has 0 saturated carbocycles. The summed E-state index contributed by atoms with van der Waals surface area (Å²) in [4.78, 5) is 19.3. The molecule has 2 heterocycles. The Hall–Kier alpha value is -3.45. The van der Waals surface area contributed by atoms with Gasteiger partial charge in [-0.1, -0.05) is 23.7 Å². The van der Waals surface area contributed by atoms with E-state index in [0.29, 0.717) is 16.6 Å². The lowest BCUT2D eigenvalue weighted by atomic mass is 9.85. The van der Waals surface area contributed by atoms with Crippen LogP contribution in [0.15, 0.2) is 66.9 Å². The van der Waals surface area contributed by atoms with Crippen molar-refractivity contribution in [3.05, 3.63) is 77.4 Å². The van der Waals surface area contributed by atoms with Crippen LogP contribution in [0.25, 0.3) is 0 Å². The number of carbonyl (C=O) groups excluding carboxylic acids is 1. The maximum Gasteiger partial charge on any atom is 0.319 e. The molecule has 1 unspecified atom stereocenters. The number of methoxy groups -OCH3 is 2. The molecule has 0 spiro atoms. The topological polar surface area (TPSA) is 75.7 Å². The summed E-state index contributed by atoms with van der Waals surface area (Å²) >= 11 is 5.94. The second-order valence-corrected chi connectivity index (χ2v) is 8.32. The Morgan fingerprint density at radius 3 is 2.52 bits per heavy atom. The zero-order valence-corrected chi connectivity index (χ0v) is 19.4. The van der Waals surface area contributed by atoms with E-state index < -0.39 is 0 Å². The van der Waals surface area contributed by atoms with Crippen molar-refractivity contribution in [2.45, 2.75) is 18.4 Å². The number of benzene rings is 2. The molecule has 2 N–H and O–H groups in total. The van der Waals surface area contributed by atoms with Crippen LogP contribution in [-0.2, 0) is 0 Å². The van der Waals surface area contributed by atoms with Crippen LogP contribution in [0, 0.1) is 0 Å². The van der Waals surface area contributed by atoms with Crippen LogP contribution in [0.3, 0.4) is 0 Å². The first kappa shape index (κ1) is 22.7. The summed E-state index contributed by atoms with van der Waals surface area (Å²) in [5.41, 5.74) is 2.88. The van der Waals surface area contributed by atoms with E-state index in [2.05, 4.69) is 32.7 Å². The van der Waals surface area contributed by atoms with Gasteiger partial charge in [0.2, 0.25) is 5.88 Å². The van der Waals surface area contributed by atoms with Crippen LogP contribution in [0.4, 0.5) is 16.2 Å². The smallest absolute Gasteiger partial charge is 0.319 e. The third kappa shape index (κ3) is 5.68. The number of anilines is 2. The highest BCUT2D eigenvalue weighted by molar-refractivity contribution is 6.30. The molecule has 3 aromatic rings. The zero-order chi connectivity index (χ0) is 23.2. The lowest BCUT2D eigenvalue weighted by Crippen LogP contribution is -2.50. The van der Waals surface area contributed by atoms with E-state index in [9.17, 15) is 4.79 Å². The lowest BCUT2D eigenvalue weighted by molar-refractivity contribution is 0.243. The number of pyridine rings is 1. The Balaban J connectivity index is 1.53. The third-order valence-corrected chi connectivity index (χ3v) is 6.12. The molecule has 7 nitrogen and oxygen atoms in total. The van der Waals surface area contributed by atoms with Crippen LogP contribution >= 0.6 is 11.6 Å².